The van der Waals surface area contributed by atoms with E-state index in [0.29, 0.717) is 59.0 Å². The number of hydrogen-bond donors (Lipinski definition) is 2. The number of fused-ring (bicyclic) bond motifs is 1. The maximum absolute atomic E-state index is 13.3. The molecule has 1 heterocycles. The number of methoxy groups -OCH3 is 1. The molecule has 1 aromatic heterocycles. The van der Waals surface area contributed by atoms with Crippen LogP contribution in [0.4, 0.5) is 5.69 Å². The van der Waals surface area contributed by atoms with Gasteiger partial charge in [-0.25, -0.2) is 0 Å². The highest BCUT2D eigenvalue weighted by atomic mass is 16.5. The van der Waals surface area contributed by atoms with Crippen molar-refractivity contribution in [1.82, 2.24) is 0 Å². The highest BCUT2D eigenvalue weighted by Crippen LogP contribution is 2.33. The molecule has 0 aliphatic carbocycles. The molecule has 182 valence electrons. The topological polar surface area (TPSA) is 92.4 Å². The Morgan fingerprint density at radius 3 is 2.37 bits per heavy atom. The summed E-state index contributed by atoms with van der Waals surface area (Å²) in [6.45, 7) is 2.92. The van der Waals surface area contributed by atoms with E-state index in [1.807, 2.05) is 36.1 Å². The molecule has 0 saturated carbocycles. The van der Waals surface area contributed by atoms with Crippen molar-refractivity contribution >= 4 is 16.7 Å². The highest BCUT2D eigenvalue weighted by molar-refractivity contribution is 5.83. The predicted molar refractivity (Wildman–Crippen MR) is 136 cm³/mol. The standard InChI is InChI=1S/C28H29NO6/c1-19-3-5-20(6-4-19)17-34-22-8-9-23-27(16-22)35-18-24(28(23)32)21-7-10-26(33-2)25(15-21)29(11-13-30)12-14-31/h3-10,15-16,18,30-31H,11-14,17H2,1-2H3. The Hall–Kier alpha value is -3.81. The van der Waals surface area contributed by atoms with Gasteiger partial charge in [0.1, 0.15) is 30.0 Å². The van der Waals surface area contributed by atoms with Crippen LogP contribution in [-0.4, -0.2) is 43.6 Å². The predicted octanol–water partition coefficient (Wildman–Crippen LogP) is 4.15. The maximum atomic E-state index is 13.3. The smallest absolute Gasteiger partial charge is 0.200 e. The molecule has 2 N–H and O–H groups in total. The van der Waals surface area contributed by atoms with Crippen molar-refractivity contribution in [1.29, 1.82) is 0 Å². The van der Waals surface area contributed by atoms with Gasteiger partial charge in [0, 0.05) is 19.2 Å². The van der Waals surface area contributed by atoms with Gasteiger partial charge < -0.3 is 29.0 Å². The van der Waals surface area contributed by atoms with Crippen molar-refractivity contribution in [3.63, 3.8) is 0 Å². The van der Waals surface area contributed by atoms with Gasteiger partial charge in [0.25, 0.3) is 0 Å². The number of ether oxygens (including phenoxy) is 2. The summed E-state index contributed by atoms with van der Waals surface area (Å²) in [6, 6.07) is 18.7. The lowest BCUT2D eigenvalue weighted by Gasteiger charge is -2.25. The molecule has 7 heteroatoms. The van der Waals surface area contributed by atoms with Crippen molar-refractivity contribution in [3.05, 3.63) is 88.3 Å². The first kappa shape index (κ1) is 24.3. The third-order valence-corrected chi connectivity index (χ3v) is 5.84. The fraction of sp³-hybridized carbons (Fsp3) is 0.250. The summed E-state index contributed by atoms with van der Waals surface area (Å²) in [7, 11) is 1.55. The Morgan fingerprint density at radius 1 is 0.943 bits per heavy atom. The summed E-state index contributed by atoms with van der Waals surface area (Å²) < 4.78 is 17.2. The number of anilines is 1. The first-order chi connectivity index (χ1) is 17.0. The summed E-state index contributed by atoms with van der Waals surface area (Å²) in [5.41, 5.74) is 4.25. The summed E-state index contributed by atoms with van der Waals surface area (Å²) in [4.78, 5) is 15.1. The minimum atomic E-state index is -0.164. The van der Waals surface area contributed by atoms with Crippen molar-refractivity contribution in [2.75, 3.05) is 38.3 Å². The number of aliphatic hydroxyl groups excluding tert-OH is 2. The van der Waals surface area contributed by atoms with Crippen LogP contribution in [0.3, 0.4) is 0 Å². The first-order valence-corrected chi connectivity index (χ1v) is 11.4. The minimum absolute atomic E-state index is 0.0835. The van der Waals surface area contributed by atoms with Gasteiger partial charge in [0.2, 0.25) is 0 Å². The molecule has 0 spiro atoms. The molecular formula is C28H29NO6. The molecule has 0 bridgehead atoms. The van der Waals surface area contributed by atoms with Crippen LogP contribution in [0.15, 0.2) is 76.1 Å². The molecule has 0 unspecified atom stereocenters. The number of benzene rings is 3. The molecule has 0 aliphatic heterocycles. The third kappa shape index (κ3) is 5.48. The molecule has 0 atom stereocenters. The van der Waals surface area contributed by atoms with Gasteiger partial charge in [-0.15, -0.1) is 0 Å². The van der Waals surface area contributed by atoms with Gasteiger partial charge in [-0.05, 0) is 42.3 Å². The number of nitrogens with zero attached hydrogens (tertiary/aromatic N) is 1. The molecular weight excluding hydrogens is 446 g/mol. The lowest BCUT2D eigenvalue weighted by molar-refractivity contribution is 0.280. The average molecular weight is 476 g/mol. The fourth-order valence-corrected chi connectivity index (χ4v) is 3.95. The van der Waals surface area contributed by atoms with Crippen molar-refractivity contribution in [2.45, 2.75) is 13.5 Å². The van der Waals surface area contributed by atoms with Crippen LogP contribution >= 0.6 is 0 Å². The van der Waals surface area contributed by atoms with E-state index in [1.165, 1.54) is 11.8 Å². The molecule has 3 aromatic carbocycles. The highest BCUT2D eigenvalue weighted by Gasteiger charge is 2.16. The zero-order chi connectivity index (χ0) is 24.8. The van der Waals surface area contributed by atoms with Gasteiger partial charge in [-0.3, -0.25) is 4.79 Å². The van der Waals surface area contributed by atoms with E-state index in [2.05, 4.69) is 0 Å². The monoisotopic (exact) mass is 475 g/mol. The van der Waals surface area contributed by atoms with E-state index in [4.69, 9.17) is 13.9 Å². The zero-order valence-corrected chi connectivity index (χ0v) is 19.9. The van der Waals surface area contributed by atoms with E-state index >= 15 is 0 Å². The van der Waals surface area contributed by atoms with Crippen molar-refractivity contribution < 1.29 is 24.1 Å². The second-order valence-electron chi connectivity index (χ2n) is 8.23. The van der Waals surface area contributed by atoms with Crippen LogP contribution in [0.1, 0.15) is 11.1 Å². The Bertz CT molecular complexity index is 1340. The Balaban J connectivity index is 1.64. The zero-order valence-electron chi connectivity index (χ0n) is 19.9. The van der Waals surface area contributed by atoms with Crippen LogP contribution < -0.4 is 19.8 Å². The molecule has 0 radical (unpaired) electrons. The SMILES string of the molecule is COc1ccc(-c2coc3cc(OCc4ccc(C)cc4)ccc3c2=O)cc1N(CCO)CCO. The van der Waals surface area contributed by atoms with Crippen LogP contribution in [0.2, 0.25) is 0 Å². The van der Waals surface area contributed by atoms with Crippen molar-refractivity contribution in [2.24, 2.45) is 0 Å². The summed E-state index contributed by atoms with van der Waals surface area (Å²) in [6.07, 6.45) is 1.45. The molecule has 0 fully saturated rings. The van der Waals surface area contributed by atoms with Gasteiger partial charge in [0.15, 0.2) is 5.43 Å². The largest absolute Gasteiger partial charge is 0.495 e. The van der Waals surface area contributed by atoms with E-state index in [1.54, 1.807) is 43.5 Å². The van der Waals surface area contributed by atoms with E-state index in [0.717, 1.165) is 5.56 Å². The van der Waals surface area contributed by atoms with Gasteiger partial charge in [-0.2, -0.15) is 0 Å². The lowest BCUT2D eigenvalue weighted by atomic mass is 10.0. The molecule has 4 aromatic rings. The van der Waals surface area contributed by atoms with Gasteiger partial charge in [-0.1, -0.05) is 35.9 Å². The number of aryl methyl sites for hydroxylation is 1. The number of rotatable bonds is 10. The van der Waals surface area contributed by atoms with Crippen molar-refractivity contribution in [3.8, 4) is 22.6 Å². The van der Waals surface area contributed by atoms with E-state index < -0.39 is 0 Å². The Morgan fingerprint density at radius 2 is 1.69 bits per heavy atom. The third-order valence-electron chi connectivity index (χ3n) is 5.84. The molecule has 0 saturated heterocycles. The quantitative estimate of drug-likeness (QED) is 0.356. The molecule has 0 amide bonds. The van der Waals surface area contributed by atoms with Gasteiger partial charge >= 0.3 is 0 Å². The normalized spacial score (nSPS) is 11.0. The number of aliphatic hydroxyl groups is 2. The first-order valence-electron chi connectivity index (χ1n) is 11.4. The summed E-state index contributed by atoms with van der Waals surface area (Å²) in [5, 5.41) is 19.3. The summed E-state index contributed by atoms with van der Waals surface area (Å²) >= 11 is 0. The summed E-state index contributed by atoms with van der Waals surface area (Å²) in [5.74, 6) is 1.19. The molecule has 35 heavy (non-hydrogen) atoms. The number of hydrogen-bond acceptors (Lipinski definition) is 7. The maximum Gasteiger partial charge on any atom is 0.200 e. The Kier molecular flexibility index (Phi) is 7.70. The minimum Gasteiger partial charge on any atom is -0.495 e. The molecule has 7 nitrogen and oxygen atoms in total. The van der Waals surface area contributed by atoms with E-state index in [-0.39, 0.29) is 18.6 Å². The van der Waals surface area contributed by atoms with Crippen LogP contribution in [0, 0.1) is 6.92 Å². The Labute approximate surface area is 203 Å². The fourth-order valence-electron chi connectivity index (χ4n) is 3.95. The average Bonchev–Trinajstić information content (AvgIpc) is 2.88. The van der Waals surface area contributed by atoms with E-state index in [9.17, 15) is 15.0 Å². The second-order valence-corrected chi connectivity index (χ2v) is 8.23. The van der Waals surface area contributed by atoms with Gasteiger partial charge in [0.05, 0.1) is 37.0 Å². The molecule has 0 aliphatic rings. The van der Waals surface area contributed by atoms with Crippen LogP contribution in [0.5, 0.6) is 11.5 Å². The van der Waals surface area contributed by atoms with Crippen LogP contribution in [0.25, 0.3) is 22.1 Å². The second kappa shape index (κ2) is 11.1. The van der Waals surface area contributed by atoms with Crippen LogP contribution in [-0.2, 0) is 6.61 Å². The lowest BCUT2D eigenvalue weighted by Crippen LogP contribution is -2.30. The molecule has 4 rings (SSSR count).